The van der Waals surface area contributed by atoms with Crippen molar-refractivity contribution in [2.24, 2.45) is 0 Å². The van der Waals surface area contributed by atoms with E-state index in [1.54, 1.807) is 0 Å². The van der Waals surface area contributed by atoms with Crippen molar-refractivity contribution in [3.63, 3.8) is 0 Å². The van der Waals surface area contributed by atoms with E-state index in [0.717, 1.165) is 29.9 Å². The van der Waals surface area contributed by atoms with Crippen LogP contribution in [0.2, 0.25) is 0 Å². The minimum absolute atomic E-state index is 0.0766. The highest BCUT2D eigenvalue weighted by Gasteiger charge is 2.22. The molecule has 0 unspecified atom stereocenters. The number of carbonyl (C=O) groups excluding carboxylic acids is 1. The summed E-state index contributed by atoms with van der Waals surface area (Å²) in [7, 11) is 4.06. The van der Waals surface area contributed by atoms with Crippen LogP contribution in [0, 0.1) is 6.92 Å². The molecule has 3 rings (SSSR count). The predicted molar refractivity (Wildman–Crippen MR) is 109 cm³/mol. The van der Waals surface area contributed by atoms with Gasteiger partial charge >= 0.3 is 0 Å². The molecule has 0 radical (unpaired) electrons. The summed E-state index contributed by atoms with van der Waals surface area (Å²) in [6.07, 6.45) is 0.908. The Morgan fingerprint density at radius 3 is 2.30 bits per heavy atom. The van der Waals surface area contributed by atoms with Crippen LogP contribution in [0.25, 0.3) is 16.9 Å². The van der Waals surface area contributed by atoms with Gasteiger partial charge in [-0.15, -0.1) is 0 Å². The Labute approximate surface area is 160 Å². The lowest BCUT2D eigenvalue weighted by atomic mass is 10.1. The Kier molecular flexibility index (Phi) is 6.04. The maximum atomic E-state index is 13.0. The van der Waals surface area contributed by atoms with Crippen molar-refractivity contribution < 1.29 is 4.79 Å². The van der Waals surface area contributed by atoms with Crippen LogP contribution in [0.4, 0.5) is 0 Å². The van der Waals surface area contributed by atoms with Gasteiger partial charge in [-0.05, 0) is 46.1 Å². The highest BCUT2D eigenvalue weighted by atomic mass is 16.1. The fraction of sp³-hybridized carbons (Fsp3) is 0.273. The molecule has 3 aromatic rings. The third kappa shape index (κ3) is 4.44. The van der Waals surface area contributed by atoms with Gasteiger partial charge in [-0.25, -0.2) is 4.68 Å². The van der Waals surface area contributed by atoms with Gasteiger partial charge in [0.25, 0.3) is 5.91 Å². The first-order valence-corrected chi connectivity index (χ1v) is 9.21. The normalized spacial score (nSPS) is 11.0. The summed E-state index contributed by atoms with van der Waals surface area (Å²) < 4.78 is 1.84. The smallest absolute Gasteiger partial charge is 0.255 e. The lowest BCUT2D eigenvalue weighted by molar-refractivity contribution is 0.0952. The van der Waals surface area contributed by atoms with Crippen molar-refractivity contribution in [3.05, 3.63) is 71.9 Å². The van der Waals surface area contributed by atoms with Gasteiger partial charge in [-0.3, -0.25) is 4.79 Å². The molecule has 5 nitrogen and oxygen atoms in total. The fourth-order valence-corrected chi connectivity index (χ4v) is 3.08. The second-order valence-corrected chi connectivity index (χ2v) is 6.84. The number of rotatable bonds is 7. The van der Waals surface area contributed by atoms with Gasteiger partial charge in [0.05, 0.1) is 16.9 Å². The Bertz CT molecular complexity index is 885. The molecular formula is C22H26N4O. The van der Waals surface area contributed by atoms with E-state index in [2.05, 4.69) is 10.2 Å². The van der Waals surface area contributed by atoms with Gasteiger partial charge in [0, 0.05) is 12.1 Å². The first kappa shape index (κ1) is 18.9. The third-order valence-electron chi connectivity index (χ3n) is 4.46. The summed E-state index contributed by atoms with van der Waals surface area (Å²) in [5.74, 6) is -0.0766. The van der Waals surface area contributed by atoms with E-state index >= 15 is 0 Å². The van der Waals surface area contributed by atoms with Crippen LogP contribution < -0.4 is 5.32 Å². The number of carbonyl (C=O) groups is 1. The van der Waals surface area contributed by atoms with E-state index < -0.39 is 0 Å². The van der Waals surface area contributed by atoms with Gasteiger partial charge in [-0.1, -0.05) is 48.5 Å². The molecule has 0 aliphatic rings. The highest BCUT2D eigenvalue weighted by Crippen LogP contribution is 2.27. The number of nitrogens with zero attached hydrogens (tertiary/aromatic N) is 3. The van der Waals surface area contributed by atoms with E-state index in [1.165, 1.54) is 0 Å². The number of hydrogen-bond acceptors (Lipinski definition) is 3. The summed E-state index contributed by atoms with van der Waals surface area (Å²) >= 11 is 0. The summed E-state index contributed by atoms with van der Waals surface area (Å²) in [5, 5.41) is 7.83. The van der Waals surface area contributed by atoms with Crippen molar-refractivity contribution in [2.45, 2.75) is 13.3 Å². The van der Waals surface area contributed by atoms with Crippen molar-refractivity contribution in [2.75, 3.05) is 27.2 Å². The van der Waals surface area contributed by atoms with Crippen molar-refractivity contribution >= 4 is 5.91 Å². The molecule has 27 heavy (non-hydrogen) atoms. The molecule has 0 bridgehead atoms. The van der Waals surface area contributed by atoms with Gasteiger partial charge in [0.1, 0.15) is 5.69 Å². The molecule has 0 fully saturated rings. The number of hydrogen-bond donors (Lipinski definition) is 1. The molecule has 0 spiro atoms. The summed E-state index contributed by atoms with van der Waals surface area (Å²) in [6, 6.07) is 19.8. The predicted octanol–water partition coefficient (Wildman–Crippen LogP) is 3.53. The number of benzene rings is 2. The third-order valence-corrected chi connectivity index (χ3v) is 4.46. The second kappa shape index (κ2) is 8.64. The van der Waals surface area contributed by atoms with E-state index in [4.69, 9.17) is 5.10 Å². The maximum absolute atomic E-state index is 13.0. The van der Waals surface area contributed by atoms with E-state index in [-0.39, 0.29) is 5.91 Å². The van der Waals surface area contributed by atoms with Crippen molar-refractivity contribution in [1.29, 1.82) is 0 Å². The largest absolute Gasteiger partial charge is 0.352 e. The summed E-state index contributed by atoms with van der Waals surface area (Å²) in [6.45, 7) is 3.52. The zero-order chi connectivity index (χ0) is 19.2. The Morgan fingerprint density at radius 1 is 1.04 bits per heavy atom. The van der Waals surface area contributed by atoms with Crippen molar-refractivity contribution in [3.8, 4) is 16.9 Å². The molecule has 0 atom stereocenters. The van der Waals surface area contributed by atoms with Gasteiger partial charge in [0.15, 0.2) is 0 Å². The summed E-state index contributed by atoms with van der Waals surface area (Å²) in [4.78, 5) is 15.1. The van der Waals surface area contributed by atoms with Crippen LogP contribution >= 0.6 is 0 Å². The minimum Gasteiger partial charge on any atom is -0.352 e. The number of aromatic nitrogens is 2. The Morgan fingerprint density at radius 2 is 1.67 bits per heavy atom. The van der Waals surface area contributed by atoms with Crippen LogP contribution in [0.5, 0.6) is 0 Å². The molecule has 0 saturated heterocycles. The molecule has 1 N–H and O–H groups in total. The van der Waals surface area contributed by atoms with E-state index in [9.17, 15) is 4.79 Å². The Balaban J connectivity index is 1.95. The number of amides is 1. The quantitative estimate of drug-likeness (QED) is 0.654. The van der Waals surface area contributed by atoms with Crippen LogP contribution in [-0.2, 0) is 0 Å². The van der Waals surface area contributed by atoms with Gasteiger partial charge in [0.2, 0.25) is 0 Å². The molecule has 0 aliphatic heterocycles. The molecule has 2 aromatic carbocycles. The zero-order valence-corrected chi connectivity index (χ0v) is 16.1. The molecule has 5 heteroatoms. The van der Waals surface area contributed by atoms with Crippen LogP contribution in [0.3, 0.4) is 0 Å². The monoisotopic (exact) mass is 362 g/mol. The number of para-hydroxylation sites is 1. The molecule has 1 aromatic heterocycles. The molecule has 0 saturated carbocycles. The van der Waals surface area contributed by atoms with E-state index in [1.807, 2.05) is 86.4 Å². The first-order chi connectivity index (χ1) is 13.1. The average Bonchev–Trinajstić information content (AvgIpc) is 3.03. The SMILES string of the molecule is Cc1c(C(=O)NCCCN(C)C)c(-c2ccccc2)nn1-c1ccccc1. The molecule has 1 amide bonds. The lowest BCUT2D eigenvalue weighted by Crippen LogP contribution is -2.27. The molecule has 1 heterocycles. The van der Waals surface area contributed by atoms with Crippen molar-refractivity contribution in [1.82, 2.24) is 20.0 Å². The molecule has 140 valence electrons. The standard InChI is InChI=1S/C22H26N4O/c1-17-20(22(27)23-15-10-16-25(2)3)21(18-11-6-4-7-12-18)24-26(17)19-13-8-5-9-14-19/h4-9,11-14H,10,15-16H2,1-3H3,(H,23,27). The summed E-state index contributed by atoms with van der Waals surface area (Å²) in [5.41, 5.74) is 4.06. The van der Waals surface area contributed by atoms with Gasteiger partial charge < -0.3 is 10.2 Å². The fourth-order valence-electron chi connectivity index (χ4n) is 3.08. The average molecular weight is 362 g/mol. The number of nitrogens with one attached hydrogen (secondary N) is 1. The highest BCUT2D eigenvalue weighted by molar-refractivity contribution is 6.01. The Hall–Kier alpha value is -2.92. The van der Waals surface area contributed by atoms with Gasteiger partial charge in [-0.2, -0.15) is 5.10 Å². The van der Waals surface area contributed by atoms with E-state index in [0.29, 0.717) is 17.8 Å². The van der Waals surface area contributed by atoms with Crippen LogP contribution in [0.15, 0.2) is 60.7 Å². The second-order valence-electron chi connectivity index (χ2n) is 6.84. The topological polar surface area (TPSA) is 50.2 Å². The lowest BCUT2D eigenvalue weighted by Gasteiger charge is -2.10. The van der Waals surface area contributed by atoms with Crippen LogP contribution in [-0.4, -0.2) is 47.8 Å². The zero-order valence-electron chi connectivity index (χ0n) is 16.1. The van der Waals surface area contributed by atoms with Crippen LogP contribution in [0.1, 0.15) is 22.5 Å². The molecular weight excluding hydrogens is 336 g/mol. The minimum atomic E-state index is -0.0766. The molecule has 0 aliphatic carbocycles. The first-order valence-electron chi connectivity index (χ1n) is 9.21. The maximum Gasteiger partial charge on any atom is 0.255 e.